The fraction of sp³-hybridized carbons (Fsp3) is 0.367. The molecule has 186 valence electrons. The lowest BCUT2D eigenvalue weighted by molar-refractivity contribution is -0.123. The number of anilines is 1. The first-order valence-corrected chi connectivity index (χ1v) is 13.3. The van der Waals surface area contributed by atoms with Crippen LogP contribution in [0, 0.1) is 23.7 Å². The standard InChI is InChI=1S/C30H32N2O3S/c1-20(2)32(29(33)25-13-7-21(3)8-14-25)26-18-27(36-28(26)30(34)35-4)24-15-11-22(12-16-24)9-10-23-6-5-17-31-19-23/h5-6,11-12,15-21,25H,7-8,13-14H2,1-4H3. The van der Waals surface area contributed by atoms with E-state index in [2.05, 4.69) is 23.7 Å². The van der Waals surface area contributed by atoms with Crippen molar-refractivity contribution in [1.82, 2.24) is 4.98 Å². The molecule has 2 aromatic heterocycles. The number of amides is 1. The van der Waals surface area contributed by atoms with Crippen LogP contribution in [0.25, 0.3) is 10.4 Å². The number of thiophene rings is 1. The van der Waals surface area contributed by atoms with Crippen molar-refractivity contribution in [1.29, 1.82) is 0 Å². The van der Waals surface area contributed by atoms with E-state index in [1.54, 1.807) is 17.3 Å². The Bertz CT molecular complexity index is 1260. The van der Waals surface area contributed by atoms with Crippen LogP contribution in [0.1, 0.15) is 67.3 Å². The second kappa shape index (κ2) is 11.5. The van der Waals surface area contributed by atoms with Gasteiger partial charge in [-0.1, -0.05) is 30.9 Å². The normalized spacial score (nSPS) is 17.2. The van der Waals surface area contributed by atoms with Gasteiger partial charge in [0.1, 0.15) is 4.88 Å². The highest BCUT2D eigenvalue weighted by Gasteiger charge is 2.33. The Kier molecular flexibility index (Phi) is 8.22. The number of pyridine rings is 1. The quantitative estimate of drug-likeness (QED) is 0.294. The lowest BCUT2D eigenvalue weighted by atomic mass is 9.82. The lowest BCUT2D eigenvalue weighted by Gasteiger charge is -2.33. The van der Waals surface area contributed by atoms with E-state index in [-0.39, 0.29) is 17.9 Å². The molecule has 0 radical (unpaired) electrons. The number of methoxy groups -OCH3 is 1. The van der Waals surface area contributed by atoms with Gasteiger partial charge in [0.2, 0.25) is 5.91 Å². The van der Waals surface area contributed by atoms with Gasteiger partial charge in [-0.2, -0.15) is 0 Å². The molecule has 4 rings (SSSR count). The summed E-state index contributed by atoms with van der Waals surface area (Å²) in [6.45, 7) is 6.24. The van der Waals surface area contributed by atoms with Gasteiger partial charge in [0.05, 0.1) is 12.8 Å². The fourth-order valence-corrected chi connectivity index (χ4v) is 5.67. The molecule has 0 bridgehead atoms. The van der Waals surface area contributed by atoms with Crippen LogP contribution in [0.3, 0.4) is 0 Å². The second-order valence-corrected chi connectivity index (χ2v) is 10.7. The van der Waals surface area contributed by atoms with Crippen molar-refractivity contribution in [3.63, 3.8) is 0 Å². The molecule has 36 heavy (non-hydrogen) atoms. The van der Waals surface area contributed by atoms with Gasteiger partial charge >= 0.3 is 5.97 Å². The van der Waals surface area contributed by atoms with Crippen LogP contribution in [0.2, 0.25) is 0 Å². The number of hydrogen-bond acceptors (Lipinski definition) is 5. The average Bonchev–Trinajstić information content (AvgIpc) is 3.33. The molecule has 0 aliphatic heterocycles. The minimum atomic E-state index is -0.420. The minimum Gasteiger partial charge on any atom is -0.465 e. The Hall–Kier alpha value is -3.43. The molecule has 5 nitrogen and oxygen atoms in total. The topological polar surface area (TPSA) is 59.5 Å². The Balaban J connectivity index is 1.64. The number of benzene rings is 1. The molecule has 1 aliphatic carbocycles. The van der Waals surface area contributed by atoms with E-state index in [0.717, 1.165) is 47.3 Å². The third-order valence-corrected chi connectivity index (χ3v) is 7.80. The SMILES string of the molecule is COC(=O)c1sc(-c2ccc(C#Cc3cccnc3)cc2)cc1N(C(=O)C1CCC(C)CC1)C(C)C. The van der Waals surface area contributed by atoms with Crippen LogP contribution in [-0.2, 0) is 9.53 Å². The average molecular weight is 501 g/mol. The van der Waals surface area contributed by atoms with Crippen LogP contribution >= 0.6 is 11.3 Å². The molecule has 2 heterocycles. The zero-order chi connectivity index (χ0) is 25.7. The van der Waals surface area contributed by atoms with Crippen molar-refractivity contribution in [2.45, 2.75) is 52.5 Å². The highest BCUT2D eigenvalue weighted by atomic mass is 32.1. The Morgan fingerprint density at radius 1 is 1.06 bits per heavy atom. The van der Waals surface area contributed by atoms with Crippen molar-refractivity contribution in [2.75, 3.05) is 12.0 Å². The van der Waals surface area contributed by atoms with Crippen LogP contribution < -0.4 is 4.90 Å². The number of carbonyl (C=O) groups excluding carboxylic acids is 2. The maximum atomic E-state index is 13.6. The molecule has 1 aliphatic rings. The number of nitrogens with zero attached hydrogens (tertiary/aromatic N) is 2. The van der Waals surface area contributed by atoms with Gasteiger partial charge in [0, 0.05) is 40.4 Å². The van der Waals surface area contributed by atoms with Gasteiger partial charge < -0.3 is 9.64 Å². The number of carbonyl (C=O) groups is 2. The fourth-order valence-electron chi connectivity index (χ4n) is 4.60. The maximum Gasteiger partial charge on any atom is 0.350 e. The molecule has 0 N–H and O–H groups in total. The predicted octanol–water partition coefficient (Wildman–Crippen LogP) is 6.56. The van der Waals surface area contributed by atoms with Crippen molar-refractivity contribution < 1.29 is 14.3 Å². The largest absolute Gasteiger partial charge is 0.465 e. The summed E-state index contributed by atoms with van der Waals surface area (Å²) in [5.41, 5.74) is 3.35. The van der Waals surface area contributed by atoms with Gasteiger partial charge in [-0.3, -0.25) is 9.78 Å². The van der Waals surface area contributed by atoms with E-state index in [4.69, 9.17) is 4.74 Å². The van der Waals surface area contributed by atoms with E-state index in [0.29, 0.717) is 16.5 Å². The van der Waals surface area contributed by atoms with Crippen molar-refractivity contribution in [2.24, 2.45) is 11.8 Å². The first kappa shape index (κ1) is 25.7. The summed E-state index contributed by atoms with van der Waals surface area (Å²) in [7, 11) is 1.38. The molecule has 1 fully saturated rings. The molecule has 1 aromatic carbocycles. The number of hydrogen-bond donors (Lipinski definition) is 0. The summed E-state index contributed by atoms with van der Waals surface area (Å²) in [5.74, 6) is 6.61. The molecule has 3 aromatic rings. The Morgan fingerprint density at radius 2 is 1.75 bits per heavy atom. The summed E-state index contributed by atoms with van der Waals surface area (Å²) >= 11 is 1.36. The van der Waals surface area contributed by atoms with Gasteiger partial charge in [-0.25, -0.2) is 4.79 Å². The first-order chi connectivity index (χ1) is 17.4. The maximum absolute atomic E-state index is 13.6. The van der Waals surface area contributed by atoms with Crippen LogP contribution in [0.4, 0.5) is 5.69 Å². The zero-order valence-electron chi connectivity index (χ0n) is 21.3. The van der Waals surface area contributed by atoms with Crippen LogP contribution in [0.15, 0.2) is 54.9 Å². The number of rotatable bonds is 5. The number of esters is 1. The van der Waals surface area contributed by atoms with Gasteiger partial charge in [-0.15, -0.1) is 11.3 Å². The monoisotopic (exact) mass is 500 g/mol. The summed E-state index contributed by atoms with van der Waals surface area (Å²) in [4.78, 5) is 33.7. The van der Waals surface area contributed by atoms with Crippen molar-refractivity contribution >= 4 is 28.9 Å². The molecule has 0 atom stereocenters. The third kappa shape index (κ3) is 5.85. The molecule has 1 amide bonds. The van der Waals surface area contributed by atoms with E-state index in [1.807, 2.05) is 56.3 Å². The second-order valence-electron chi connectivity index (χ2n) is 9.64. The van der Waals surface area contributed by atoms with Crippen LogP contribution in [0.5, 0.6) is 0 Å². The van der Waals surface area contributed by atoms with Crippen LogP contribution in [-0.4, -0.2) is 30.0 Å². The summed E-state index contributed by atoms with van der Waals surface area (Å²) in [6.07, 6.45) is 7.39. The predicted molar refractivity (Wildman–Crippen MR) is 145 cm³/mol. The molecule has 6 heteroatoms. The first-order valence-electron chi connectivity index (χ1n) is 12.4. The molecular formula is C30H32N2O3S. The smallest absolute Gasteiger partial charge is 0.350 e. The number of ether oxygens (including phenoxy) is 1. The third-order valence-electron chi connectivity index (χ3n) is 6.64. The Morgan fingerprint density at radius 3 is 2.36 bits per heavy atom. The van der Waals surface area contributed by atoms with Gasteiger partial charge in [0.15, 0.2) is 0 Å². The molecule has 0 spiro atoms. The summed E-state index contributed by atoms with van der Waals surface area (Å²) in [6, 6.07) is 13.6. The number of aromatic nitrogens is 1. The molecular weight excluding hydrogens is 468 g/mol. The van der Waals surface area contributed by atoms with Crippen molar-refractivity contribution in [3.05, 3.63) is 70.9 Å². The summed E-state index contributed by atoms with van der Waals surface area (Å²) < 4.78 is 5.10. The van der Waals surface area contributed by atoms with Crippen molar-refractivity contribution in [3.8, 4) is 22.3 Å². The van der Waals surface area contributed by atoms with E-state index in [1.165, 1.54) is 18.4 Å². The van der Waals surface area contributed by atoms with E-state index in [9.17, 15) is 9.59 Å². The molecule has 0 unspecified atom stereocenters. The van der Waals surface area contributed by atoms with E-state index < -0.39 is 5.97 Å². The highest BCUT2D eigenvalue weighted by molar-refractivity contribution is 7.18. The molecule has 1 saturated carbocycles. The van der Waals surface area contributed by atoms with Gasteiger partial charge in [0.25, 0.3) is 0 Å². The Labute approximate surface area is 217 Å². The molecule has 0 saturated heterocycles. The minimum absolute atomic E-state index is 0.00452. The zero-order valence-corrected chi connectivity index (χ0v) is 22.1. The summed E-state index contributed by atoms with van der Waals surface area (Å²) in [5, 5.41) is 0. The van der Waals surface area contributed by atoms with E-state index >= 15 is 0 Å². The van der Waals surface area contributed by atoms with Gasteiger partial charge in [-0.05, 0) is 81.3 Å². The highest BCUT2D eigenvalue weighted by Crippen LogP contribution is 2.40. The lowest BCUT2D eigenvalue weighted by Crippen LogP contribution is -2.42.